The third-order valence-electron chi connectivity index (χ3n) is 6.25. The Morgan fingerprint density at radius 1 is 0.960 bits per heavy atom. The molecule has 1 radical (unpaired) electrons. The van der Waals surface area contributed by atoms with Gasteiger partial charge in [0.15, 0.2) is 0 Å². The molecule has 0 spiro atoms. The highest BCUT2D eigenvalue weighted by molar-refractivity contribution is 5.76. The highest BCUT2D eigenvalue weighted by atomic mass is 16.5. The first-order valence-electron chi connectivity index (χ1n) is 9.59. The molecule has 1 nitrogen and oxygen atoms in total. The standard InChI is InChI=1S/C24H29O/c1-6-24(4,5)25-17-8-10-18-16(15-17)7-9-20-19(18)11-12-22-21(20)13-14-23(22,2)3/h6,8,10-12,15H,7,9,13-14H2,1-5H3. The van der Waals surface area contributed by atoms with Crippen LogP contribution in [0.3, 0.4) is 0 Å². The zero-order valence-corrected chi connectivity index (χ0v) is 16.2. The van der Waals surface area contributed by atoms with E-state index in [-0.39, 0.29) is 5.60 Å². The fraction of sp³-hybridized carbons (Fsp3) is 0.458. The Bertz CT molecular complexity index is 826. The van der Waals surface area contributed by atoms with Gasteiger partial charge in [0.1, 0.15) is 11.4 Å². The van der Waals surface area contributed by atoms with Gasteiger partial charge in [-0.15, -0.1) is 0 Å². The minimum atomic E-state index is -0.229. The summed E-state index contributed by atoms with van der Waals surface area (Å²) < 4.78 is 6.15. The van der Waals surface area contributed by atoms with Crippen molar-refractivity contribution < 1.29 is 4.74 Å². The van der Waals surface area contributed by atoms with Crippen molar-refractivity contribution in [2.24, 2.45) is 0 Å². The van der Waals surface area contributed by atoms with Crippen LogP contribution in [0.1, 0.15) is 63.3 Å². The fourth-order valence-corrected chi connectivity index (χ4v) is 4.45. The molecule has 0 N–H and O–H groups in total. The summed E-state index contributed by atoms with van der Waals surface area (Å²) in [5, 5.41) is 0. The molecule has 0 bridgehead atoms. The molecule has 2 aromatic carbocycles. The molecular weight excluding hydrogens is 304 g/mol. The summed E-state index contributed by atoms with van der Waals surface area (Å²) in [6, 6.07) is 11.4. The number of aryl methyl sites for hydroxylation is 1. The highest BCUT2D eigenvalue weighted by Crippen LogP contribution is 2.45. The maximum atomic E-state index is 6.15. The molecule has 0 heterocycles. The Morgan fingerprint density at radius 3 is 2.48 bits per heavy atom. The normalized spacial score (nSPS) is 17.6. The topological polar surface area (TPSA) is 9.23 Å². The number of fused-ring (bicyclic) bond motifs is 5. The fourth-order valence-electron chi connectivity index (χ4n) is 4.45. The van der Waals surface area contributed by atoms with Gasteiger partial charge in [-0.05, 0) is 90.5 Å². The molecule has 25 heavy (non-hydrogen) atoms. The number of hydrogen-bond donors (Lipinski definition) is 0. The Balaban J connectivity index is 1.74. The zero-order chi connectivity index (χ0) is 17.8. The maximum Gasteiger partial charge on any atom is 0.120 e. The van der Waals surface area contributed by atoms with Crippen LogP contribution in [0.5, 0.6) is 5.75 Å². The quantitative estimate of drug-likeness (QED) is 0.663. The van der Waals surface area contributed by atoms with Gasteiger partial charge >= 0.3 is 0 Å². The van der Waals surface area contributed by atoms with Crippen molar-refractivity contribution >= 4 is 0 Å². The maximum absolute atomic E-state index is 6.15. The number of benzene rings is 2. The first-order chi connectivity index (χ1) is 11.8. The van der Waals surface area contributed by atoms with Crippen LogP contribution in [0.4, 0.5) is 0 Å². The van der Waals surface area contributed by atoms with E-state index in [9.17, 15) is 0 Å². The lowest BCUT2D eigenvalue weighted by molar-refractivity contribution is 0.145. The summed E-state index contributed by atoms with van der Waals surface area (Å²) in [6.07, 6.45) is 6.90. The second-order valence-corrected chi connectivity index (χ2v) is 8.81. The second kappa shape index (κ2) is 5.62. The largest absolute Gasteiger partial charge is 0.488 e. The Labute approximate surface area is 152 Å². The van der Waals surface area contributed by atoms with Crippen molar-refractivity contribution in [3.05, 3.63) is 59.0 Å². The molecule has 0 amide bonds. The SMILES string of the molecule is C[CH]C(C)(C)Oc1ccc2c(c1)CCc1c-2ccc2c1CCC2(C)C. The van der Waals surface area contributed by atoms with E-state index >= 15 is 0 Å². The van der Waals surface area contributed by atoms with Gasteiger partial charge in [-0.3, -0.25) is 0 Å². The summed E-state index contributed by atoms with van der Waals surface area (Å²) in [5.41, 5.74) is 9.20. The molecule has 0 aliphatic heterocycles. The second-order valence-electron chi connectivity index (χ2n) is 8.81. The van der Waals surface area contributed by atoms with E-state index in [1.807, 2.05) is 0 Å². The molecule has 0 aromatic heterocycles. The smallest absolute Gasteiger partial charge is 0.120 e. The molecule has 1 heteroatoms. The van der Waals surface area contributed by atoms with Crippen LogP contribution in [0, 0.1) is 6.42 Å². The minimum absolute atomic E-state index is 0.229. The molecule has 2 aromatic rings. The van der Waals surface area contributed by atoms with Gasteiger partial charge in [-0.1, -0.05) is 39.0 Å². The van der Waals surface area contributed by atoms with Gasteiger partial charge in [0, 0.05) is 6.42 Å². The van der Waals surface area contributed by atoms with Crippen LogP contribution >= 0.6 is 0 Å². The number of rotatable bonds is 3. The van der Waals surface area contributed by atoms with Crippen molar-refractivity contribution in [3.63, 3.8) is 0 Å². The molecular formula is C24H29O. The zero-order valence-electron chi connectivity index (χ0n) is 16.2. The Kier molecular flexibility index (Phi) is 3.76. The molecule has 0 saturated carbocycles. The number of ether oxygens (including phenoxy) is 1. The molecule has 0 saturated heterocycles. The predicted octanol–water partition coefficient (Wildman–Crippen LogP) is 6.06. The lowest BCUT2D eigenvalue weighted by atomic mass is 9.80. The van der Waals surface area contributed by atoms with E-state index in [0.29, 0.717) is 5.41 Å². The minimum Gasteiger partial charge on any atom is -0.488 e. The van der Waals surface area contributed by atoms with E-state index in [1.54, 1.807) is 16.7 Å². The third kappa shape index (κ3) is 2.78. The molecule has 2 aliphatic carbocycles. The average Bonchev–Trinajstić information content (AvgIpc) is 2.89. The average molecular weight is 333 g/mol. The van der Waals surface area contributed by atoms with E-state index in [2.05, 4.69) is 71.4 Å². The van der Waals surface area contributed by atoms with Crippen LogP contribution in [0.2, 0.25) is 0 Å². The Morgan fingerprint density at radius 2 is 1.72 bits per heavy atom. The Hall–Kier alpha value is -1.76. The van der Waals surface area contributed by atoms with Gasteiger partial charge in [0.05, 0.1) is 0 Å². The first kappa shape index (κ1) is 16.7. The molecule has 0 atom stereocenters. The van der Waals surface area contributed by atoms with Crippen LogP contribution < -0.4 is 4.74 Å². The van der Waals surface area contributed by atoms with Gasteiger partial charge < -0.3 is 4.74 Å². The third-order valence-corrected chi connectivity index (χ3v) is 6.25. The van der Waals surface area contributed by atoms with Crippen LogP contribution in [-0.4, -0.2) is 5.60 Å². The predicted molar refractivity (Wildman–Crippen MR) is 105 cm³/mol. The van der Waals surface area contributed by atoms with Crippen LogP contribution in [-0.2, 0) is 24.7 Å². The molecule has 0 unspecified atom stereocenters. The summed E-state index contributed by atoms with van der Waals surface area (Å²) in [6.45, 7) is 11.0. The van der Waals surface area contributed by atoms with E-state index in [4.69, 9.17) is 4.74 Å². The molecule has 4 rings (SSSR count). The van der Waals surface area contributed by atoms with Crippen LogP contribution in [0.25, 0.3) is 11.1 Å². The lowest BCUT2D eigenvalue weighted by Gasteiger charge is -2.28. The molecule has 2 aliphatic rings. The highest BCUT2D eigenvalue weighted by Gasteiger charge is 2.33. The summed E-state index contributed by atoms with van der Waals surface area (Å²) in [5.74, 6) is 0.979. The van der Waals surface area contributed by atoms with Crippen molar-refractivity contribution in [1.29, 1.82) is 0 Å². The van der Waals surface area contributed by atoms with Gasteiger partial charge in [0.25, 0.3) is 0 Å². The van der Waals surface area contributed by atoms with Crippen molar-refractivity contribution in [2.45, 2.75) is 71.3 Å². The van der Waals surface area contributed by atoms with Crippen molar-refractivity contribution in [2.75, 3.05) is 0 Å². The van der Waals surface area contributed by atoms with Crippen LogP contribution in [0.15, 0.2) is 30.3 Å². The first-order valence-corrected chi connectivity index (χ1v) is 9.59. The summed E-state index contributed by atoms with van der Waals surface area (Å²) in [4.78, 5) is 0. The van der Waals surface area contributed by atoms with Gasteiger partial charge in [0.2, 0.25) is 0 Å². The van der Waals surface area contributed by atoms with Crippen molar-refractivity contribution in [1.82, 2.24) is 0 Å². The molecule has 131 valence electrons. The summed E-state index contributed by atoms with van der Waals surface area (Å²) in [7, 11) is 0. The van der Waals surface area contributed by atoms with Gasteiger partial charge in [-0.2, -0.15) is 0 Å². The monoisotopic (exact) mass is 333 g/mol. The molecule has 0 fully saturated rings. The van der Waals surface area contributed by atoms with E-state index in [0.717, 1.165) is 18.6 Å². The van der Waals surface area contributed by atoms with Crippen molar-refractivity contribution in [3.8, 4) is 16.9 Å². The number of hydrogen-bond acceptors (Lipinski definition) is 1. The summed E-state index contributed by atoms with van der Waals surface area (Å²) >= 11 is 0. The lowest BCUT2D eigenvalue weighted by Crippen LogP contribution is -2.27. The van der Waals surface area contributed by atoms with Gasteiger partial charge in [-0.25, -0.2) is 0 Å². The van der Waals surface area contributed by atoms with E-state index < -0.39 is 0 Å². The van der Waals surface area contributed by atoms with E-state index in [1.165, 1.54) is 29.5 Å².